The number of aromatic hydroxyl groups is 1. The monoisotopic (exact) mass is 510 g/mol. The summed E-state index contributed by atoms with van der Waals surface area (Å²) in [7, 11) is 1.75. The van der Waals surface area contributed by atoms with Crippen molar-refractivity contribution in [2.45, 2.75) is 68.7 Å². The quantitative estimate of drug-likeness (QED) is 0.490. The van der Waals surface area contributed by atoms with E-state index in [9.17, 15) is 15.0 Å². The second kappa shape index (κ2) is 8.11. The lowest BCUT2D eigenvalue weighted by atomic mass is 9.50. The van der Waals surface area contributed by atoms with E-state index < -0.39 is 23.2 Å². The third-order valence-corrected chi connectivity index (χ3v) is 9.91. The van der Waals surface area contributed by atoms with Crippen LogP contribution in [-0.4, -0.2) is 69.8 Å². The predicted octanol–water partition coefficient (Wildman–Crippen LogP) is 3.23. The minimum atomic E-state index is -1.14. The number of likely N-dealkylation sites (N-methyl/N-ethyl adjacent to an activating group) is 1. The fraction of sp³-hybridized carbons (Fsp3) is 0.469. The van der Waals surface area contributed by atoms with Gasteiger partial charge in [0, 0.05) is 36.7 Å². The van der Waals surface area contributed by atoms with Gasteiger partial charge in [-0.15, -0.1) is 0 Å². The number of aryl methyl sites for hydroxylation is 2. The van der Waals surface area contributed by atoms with Gasteiger partial charge in [0.1, 0.15) is 11.7 Å². The second-order valence-corrected chi connectivity index (χ2v) is 12.0. The molecular formula is C32H34N2O4. The number of carbonyl (C=O) groups excluding carboxylic acids is 1. The largest absolute Gasteiger partial charge is 0.504 e. The van der Waals surface area contributed by atoms with E-state index in [0.29, 0.717) is 12.2 Å². The van der Waals surface area contributed by atoms with Crippen molar-refractivity contribution in [2.24, 2.45) is 5.92 Å². The Hall–Kier alpha value is -3.27. The minimum absolute atomic E-state index is 0.0614. The summed E-state index contributed by atoms with van der Waals surface area (Å²) in [6.45, 7) is 5.96. The Morgan fingerprint density at radius 1 is 1.21 bits per heavy atom. The van der Waals surface area contributed by atoms with Crippen molar-refractivity contribution in [1.82, 2.24) is 9.80 Å². The predicted molar refractivity (Wildman–Crippen MR) is 144 cm³/mol. The Morgan fingerprint density at radius 2 is 2.03 bits per heavy atom. The van der Waals surface area contributed by atoms with Crippen molar-refractivity contribution in [1.29, 1.82) is 0 Å². The van der Waals surface area contributed by atoms with Crippen LogP contribution in [-0.2, 0) is 16.6 Å². The molecule has 2 heterocycles. The smallest absolute Gasteiger partial charge is 0.299 e. The van der Waals surface area contributed by atoms with Crippen LogP contribution in [0.4, 0.5) is 0 Å². The molecule has 2 aliphatic heterocycles. The third-order valence-electron chi connectivity index (χ3n) is 9.91. The average molecular weight is 511 g/mol. The van der Waals surface area contributed by atoms with Crippen LogP contribution in [0.15, 0.2) is 42.5 Å². The third kappa shape index (κ3) is 3.18. The van der Waals surface area contributed by atoms with Crippen molar-refractivity contribution in [2.75, 3.05) is 20.1 Å². The average Bonchev–Trinajstić information content (AvgIpc) is 3.64. The molecule has 0 aromatic heterocycles. The van der Waals surface area contributed by atoms with E-state index in [0.717, 1.165) is 47.7 Å². The summed E-state index contributed by atoms with van der Waals surface area (Å²) in [6.07, 6.45) is 7.31. The molecule has 0 unspecified atom stereocenters. The zero-order chi connectivity index (χ0) is 26.4. The lowest BCUT2D eigenvalue weighted by Gasteiger charge is -2.62. The van der Waals surface area contributed by atoms with Gasteiger partial charge in [0.05, 0.1) is 11.5 Å². The highest BCUT2D eigenvalue weighted by Gasteiger charge is 2.72. The zero-order valence-corrected chi connectivity index (χ0v) is 22.2. The van der Waals surface area contributed by atoms with Gasteiger partial charge in [-0.3, -0.25) is 9.69 Å². The van der Waals surface area contributed by atoms with Gasteiger partial charge in [-0.1, -0.05) is 30.2 Å². The molecule has 1 saturated carbocycles. The van der Waals surface area contributed by atoms with Crippen LogP contribution in [0.3, 0.4) is 0 Å². The number of likely N-dealkylation sites (tertiary alicyclic amines) is 1. The van der Waals surface area contributed by atoms with Crippen molar-refractivity contribution in [3.8, 4) is 23.3 Å². The Labute approximate surface area is 223 Å². The number of amides is 1. The molecule has 196 valence electrons. The van der Waals surface area contributed by atoms with Crippen LogP contribution >= 0.6 is 0 Å². The van der Waals surface area contributed by atoms with Crippen molar-refractivity contribution in [3.05, 3.63) is 70.3 Å². The van der Waals surface area contributed by atoms with Crippen molar-refractivity contribution in [3.63, 3.8) is 0 Å². The summed E-state index contributed by atoms with van der Waals surface area (Å²) in [5, 5.41) is 23.3. The number of phenolic OH excluding ortho intramolecular Hbond substituents is 1. The fourth-order valence-corrected chi connectivity index (χ4v) is 7.52. The maximum atomic E-state index is 13.3. The summed E-state index contributed by atoms with van der Waals surface area (Å²) >= 11 is 0. The molecule has 3 aliphatic carbocycles. The standard InChI is InChI=1S/C32H34N2O4/c1-19-4-5-21(16-20(19)2)8-11-27(36)33(3)24-12-13-32(37)26-17-23-9-10-25(35)29-28(23)31(32,30(24)38-29)14-15-34(26)18-22-6-7-22/h4-5,9-10,12-13,16,22,24,26,30,35,37H,6-7,14-15,17-18H2,1-3H3/t24-,26+,30-,31-,32+/m0/s1. The maximum Gasteiger partial charge on any atom is 0.299 e. The first-order valence-electron chi connectivity index (χ1n) is 13.8. The second-order valence-electron chi connectivity index (χ2n) is 12.0. The van der Waals surface area contributed by atoms with Crippen LogP contribution in [0.2, 0.25) is 0 Å². The minimum Gasteiger partial charge on any atom is -0.504 e. The van der Waals surface area contributed by atoms with Crippen LogP contribution in [0.1, 0.15) is 47.1 Å². The lowest BCUT2D eigenvalue weighted by Crippen LogP contribution is -2.76. The van der Waals surface area contributed by atoms with Gasteiger partial charge in [-0.05, 0) is 86.9 Å². The molecule has 2 bridgehead atoms. The van der Waals surface area contributed by atoms with Crippen LogP contribution in [0, 0.1) is 31.6 Å². The molecule has 38 heavy (non-hydrogen) atoms. The van der Waals surface area contributed by atoms with E-state index in [2.05, 4.69) is 23.7 Å². The first-order chi connectivity index (χ1) is 18.2. The fourth-order valence-electron chi connectivity index (χ4n) is 7.52. The Balaban J connectivity index is 1.27. The summed E-state index contributed by atoms with van der Waals surface area (Å²) < 4.78 is 6.56. The highest BCUT2D eigenvalue weighted by molar-refractivity contribution is 5.94. The molecule has 2 fully saturated rings. The first-order valence-corrected chi connectivity index (χ1v) is 13.8. The SMILES string of the molecule is Cc1ccc(C#CC(=O)N(C)[C@H]2C=C[C@@]3(O)[C@H]4Cc5ccc(O)c6c5[C@@]3(CCN4CC3CC3)[C@H]2O6)cc1C. The molecule has 1 spiro atoms. The summed E-state index contributed by atoms with van der Waals surface area (Å²) in [5.74, 6) is 6.82. The number of hydrogen-bond acceptors (Lipinski definition) is 5. The number of aliphatic hydroxyl groups is 1. The number of rotatable bonds is 3. The molecule has 6 nitrogen and oxygen atoms in total. The van der Waals surface area contributed by atoms with Crippen LogP contribution in [0.5, 0.6) is 11.5 Å². The van der Waals surface area contributed by atoms with Crippen LogP contribution in [0.25, 0.3) is 0 Å². The number of hydrogen-bond donors (Lipinski definition) is 2. The van der Waals surface area contributed by atoms with Gasteiger partial charge >= 0.3 is 0 Å². The van der Waals surface area contributed by atoms with E-state index in [1.807, 2.05) is 43.3 Å². The molecule has 2 N–H and O–H groups in total. The summed E-state index contributed by atoms with van der Waals surface area (Å²) in [6, 6.07) is 9.15. The van der Waals surface area contributed by atoms with E-state index in [1.165, 1.54) is 18.4 Å². The molecular weight excluding hydrogens is 476 g/mol. The van der Waals surface area contributed by atoms with E-state index >= 15 is 0 Å². The zero-order valence-electron chi connectivity index (χ0n) is 22.2. The molecule has 1 saturated heterocycles. The van der Waals surface area contributed by atoms with Gasteiger partial charge in [-0.25, -0.2) is 0 Å². The van der Waals surface area contributed by atoms with Gasteiger partial charge in [0.25, 0.3) is 5.91 Å². The lowest BCUT2D eigenvalue weighted by molar-refractivity contribution is -0.154. The number of ether oxygens (including phenoxy) is 1. The van der Waals surface area contributed by atoms with Gasteiger partial charge in [0.15, 0.2) is 11.5 Å². The first kappa shape index (κ1) is 23.8. The Morgan fingerprint density at radius 3 is 2.79 bits per heavy atom. The Bertz CT molecular complexity index is 1450. The Kier molecular flexibility index (Phi) is 5.09. The van der Waals surface area contributed by atoms with E-state index in [-0.39, 0.29) is 17.7 Å². The molecule has 0 radical (unpaired) electrons. The topological polar surface area (TPSA) is 73.2 Å². The summed E-state index contributed by atoms with van der Waals surface area (Å²) in [5.41, 5.74) is 3.33. The highest BCUT2D eigenvalue weighted by atomic mass is 16.5. The molecule has 2 aromatic rings. The molecule has 5 aliphatic rings. The van der Waals surface area contributed by atoms with Crippen molar-refractivity contribution < 1.29 is 19.7 Å². The van der Waals surface area contributed by atoms with Gasteiger partial charge < -0.3 is 19.8 Å². The molecule has 7 rings (SSSR count). The number of carbonyl (C=O) groups is 1. The normalized spacial score (nSPS) is 32.2. The van der Waals surface area contributed by atoms with Gasteiger partial charge in [0.2, 0.25) is 0 Å². The summed E-state index contributed by atoms with van der Waals surface area (Å²) in [4.78, 5) is 17.4. The van der Waals surface area contributed by atoms with E-state index in [4.69, 9.17) is 4.74 Å². The molecule has 6 heteroatoms. The van der Waals surface area contributed by atoms with Gasteiger partial charge in [-0.2, -0.15) is 0 Å². The molecule has 2 aromatic carbocycles. The van der Waals surface area contributed by atoms with Crippen molar-refractivity contribution >= 4 is 5.91 Å². The van der Waals surface area contributed by atoms with E-state index in [1.54, 1.807) is 18.0 Å². The van der Waals surface area contributed by atoms with Crippen LogP contribution < -0.4 is 4.74 Å². The number of piperidine rings is 1. The highest BCUT2D eigenvalue weighted by Crippen LogP contribution is 2.64. The maximum absolute atomic E-state index is 13.3. The molecule has 1 amide bonds. The number of phenols is 1. The number of nitrogens with zero attached hydrogens (tertiary/aromatic N) is 2. The number of benzene rings is 2. The molecule has 5 atom stereocenters.